The van der Waals surface area contributed by atoms with E-state index in [1.165, 1.54) is 0 Å². The van der Waals surface area contributed by atoms with Gasteiger partial charge >= 0.3 is 12.0 Å². The van der Waals surface area contributed by atoms with Gasteiger partial charge in [0.05, 0.1) is 5.92 Å². The number of fused-ring (bicyclic) bond motifs is 2. The van der Waals surface area contributed by atoms with Gasteiger partial charge in [-0.2, -0.15) is 11.8 Å². The number of hydrogen-bond donors (Lipinski definition) is 2. The number of aliphatic carboxylic acids is 1. The van der Waals surface area contributed by atoms with Crippen LogP contribution in [-0.2, 0) is 4.79 Å². The van der Waals surface area contributed by atoms with Crippen LogP contribution in [0.15, 0.2) is 0 Å². The van der Waals surface area contributed by atoms with Crippen molar-refractivity contribution < 1.29 is 14.7 Å². The average molecular weight is 298 g/mol. The lowest BCUT2D eigenvalue weighted by Crippen LogP contribution is -2.51. The molecule has 2 N–H and O–H groups in total. The molecule has 5 nitrogen and oxygen atoms in total. The van der Waals surface area contributed by atoms with E-state index in [-0.39, 0.29) is 23.9 Å². The van der Waals surface area contributed by atoms with E-state index < -0.39 is 5.97 Å². The third-order valence-corrected chi connectivity index (χ3v) is 6.05. The second-order valence-corrected chi connectivity index (χ2v) is 7.35. The molecule has 2 saturated carbocycles. The number of hydrogen-bond acceptors (Lipinski definition) is 3. The fourth-order valence-electron chi connectivity index (χ4n) is 4.04. The van der Waals surface area contributed by atoms with Crippen LogP contribution in [-0.4, -0.2) is 52.6 Å². The van der Waals surface area contributed by atoms with Crippen LogP contribution in [0.1, 0.15) is 25.7 Å². The summed E-state index contributed by atoms with van der Waals surface area (Å²) in [6.45, 7) is 1.56. The van der Waals surface area contributed by atoms with Gasteiger partial charge in [-0.3, -0.25) is 4.79 Å². The van der Waals surface area contributed by atoms with Gasteiger partial charge in [0, 0.05) is 24.9 Å². The molecule has 112 valence electrons. The standard InChI is InChI=1S/C14H22N2O3S/c17-13(18)11-9-2-3-10(8-9)12(11)15-14(19)16-4-1-6-20-7-5-16/h9-12H,1-8H2,(H,15,19)(H,17,18). The van der Waals surface area contributed by atoms with Crippen molar-refractivity contribution in [2.75, 3.05) is 24.6 Å². The molecule has 2 bridgehead atoms. The summed E-state index contributed by atoms with van der Waals surface area (Å²) in [5.41, 5.74) is 0. The molecule has 3 aliphatic rings. The Labute approximate surface area is 123 Å². The summed E-state index contributed by atoms with van der Waals surface area (Å²) in [6, 6.07) is -0.217. The highest BCUT2D eigenvalue weighted by Crippen LogP contribution is 2.48. The van der Waals surface area contributed by atoms with Crippen molar-refractivity contribution in [1.29, 1.82) is 0 Å². The summed E-state index contributed by atoms with van der Waals surface area (Å²) >= 11 is 1.88. The highest BCUT2D eigenvalue weighted by atomic mass is 32.2. The molecule has 4 unspecified atom stereocenters. The zero-order valence-electron chi connectivity index (χ0n) is 11.6. The minimum absolute atomic E-state index is 0.0590. The Balaban J connectivity index is 1.64. The Morgan fingerprint density at radius 3 is 2.75 bits per heavy atom. The molecule has 1 saturated heterocycles. The van der Waals surface area contributed by atoms with E-state index in [9.17, 15) is 14.7 Å². The Bertz CT molecular complexity index is 396. The predicted molar refractivity (Wildman–Crippen MR) is 77.8 cm³/mol. The number of rotatable bonds is 2. The molecule has 1 aliphatic heterocycles. The van der Waals surface area contributed by atoms with Crippen LogP contribution >= 0.6 is 11.8 Å². The highest BCUT2D eigenvalue weighted by molar-refractivity contribution is 7.99. The van der Waals surface area contributed by atoms with Gasteiger partial charge in [-0.05, 0) is 43.3 Å². The minimum Gasteiger partial charge on any atom is -0.481 e. The van der Waals surface area contributed by atoms with Crippen LogP contribution in [0.2, 0.25) is 0 Å². The maximum absolute atomic E-state index is 12.4. The first-order valence-electron chi connectivity index (χ1n) is 7.53. The zero-order valence-corrected chi connectivity index (χ0v) is 12.4. The number of carbonyl (C=O) groups is 2. The summed E-state index contributed by atoms with van der Waals surface area (Å²) in [6.07, 6.45) is 4.07. The van der Waals surface area contributed by atoms with Crippen molar-refractivity contribution in [3.05, 3.63) is 0 Å². The van der Waals surface area contributed by atoms with Gasteiger partial charge in [-0.1, -0.05) is 0 Å². The number of carboxylic acids is 1. The number of amides is 2. The van der Waals surface area contributed by atoms with Gasteiger partial charge in [0.15, 0.2) is 0 Å². The number of urea groups is 1. The first kappa shape index (κ1) is 14.0. The normalized spacial score (nSPS) is 36.7. The van der Waals surface area contributed by atoms with Gasteiger partial charge in [-0.15, -0.1) is 0 Å². The molecule has 2 amide bonds. The molecule has 4 atom stereocenters. The maximum atomic E-state index is 12.4. The molecule has 2 aliphatic carbocycles. The van der Waals surface area contributed by atoms with E-state index in [4.69, 9.17) is 0 Å². The fraction of sp³-hybridized carbons (Fsp3) is 0.857. The minimum atomic E-state index is -0.742. The fourth-order valence-corrected chi connectivity index (χ4v) is 4.92. The van der Waals surface area contributed by atoms with Crippen molar-refractivity contribution in [3.8, 4) is 0 Å². The molecule has 0 aromatic rings. The topological polar surface area (TPSA) is 69.6 Å². The third-order valence-electron chi connectivity index (χ3n) is 5.00. The SMILES string of the molecule is O=C(O)C1C2CCC(C2)C1NC(=O)N1CCCSCC1. The largest absolute Gasteiger partial charge is 0.481 e. The summed E-state index contributed by atoms with van der Waals surface area (Å²) in [5.74, 6) is 1.60. The van der Waals surface area contributed by atoms with Crippen LogP contribution in [0.25, 0.3) is 0 Å². The lowest BCUT2D eigenvalue weighted by Gasteiger charge is -2.31. The van der Waals surface area contributed by atoms with Crippen LogP contribution in [0.3, 0.4) is 0 Å². The van der Waals surface area contributed by atoms with Crippen LogP contribution in [0, 0.1) is 17.8 Å². The predicted octanol–water partition coefficient (Wildman–Crippen LogP) is 1.63. The van der Waals surface area contributed by atoms with E-state index in [1.807, 2.05) is 16.7 Å². The van der Waals surface area contributed by atoms with E-state index >= 15 is 0 Å². The van der Waals surface area contributed by atoms with Crippen molar-refractivity contribution in [1.82, 2.24) is 10.2 Å². The van der Waals surface area contributed by atoms with E-state index in [1.54, 1.807) is 0 Å². The number of thioether (sulfide) groups is 1. The van der Waals surface area contributed by atoms with E-state index in [0.717, 1.165) is 50.3 Å². The smallest absolute Gasteiger partial charge is 0.317 e. The molecular weight excluding hydrogens is 276 g/mol. The molecule has 0 spiro atoms. The number of carbonyl (C=O) groups excluding carboxylic acids is 1. The average Bonchev–Trinajstić information content (AvgIpc) is 2.89. The first-order valence-corrected chi connectivity index (χ1v) is 8.68. The number of nitrogens with zero attached hydrogens (tertiary/aromatic N) is 1. The molecule has 0 radical (unpaired) electrons. The molecule has 0 aromatic carbocycles. The second kappa shape index (κ2) is 5.84. The van der Waals surface area contributed by atoms with E-state index in [0.29, 0.717) is 5.92 Å². The van der Waals surface area contributed by atoms with Crippen LogP contribution < -0.4 is 5.32 Å². The van der Waals surface area contributed by atoms with Crippen LogP contribution in [0.5, 0.6) is 0 Å². The van der Waals surface area contributed by atoms with Crippen molar-refractivity contribution in [2.24, 2.45) is 17.8 Å². The summed E-state index contributed by atoms with van der Waals surface area (Å²) in [4.78, 5) is 25.7. The number of nitrogens with one attached hydrogen (secondary N) is 1. The molecular formula is C14H22N2O3S. The summed E-state index contributed by atoms with van der Waals surface area (Å²) < 4.78 is 0. The van der Waals surface area contributed by atoms with Gasteiger partial charge in [0.1, 0.15) is 0 Å². The van der Waals surface area contributed by atoms with Gasteiger partial charge in [-0.25, -0.2) is 4.79 Å². The summed E-state index contributed by atoms with van der Waals surface area (Å²) in [5, 5.41) is 12.4. The van der Waals surface area contributed by atoms with Gasteiger partial charge in [0.25, 0.3) is 0 Å². The van der Waals surface area contributed by atoms with Crippen LogP contribution in [0.4, 0.5) is 4.79 Å². The first-order chi connectivity index (χ1) is 9.66. The molecule has 6 heteroatoms. The van der Waals surface area contributed by atoms with Gasteiger partial charge < -0.3 is 15.3 Å². The lowest BCUT2D eigenvalue weighted by atomic mass is 9.84. The Kier molecular flexibility index (Phi) is 4.10. The Morgan fingerprint density at radius 2 is 1.95 bits per heavy atom. The Morgan fingerprint density at radius 1 is 1.15 bits per heavy atom. The monoisotopic (exact) mass is 298 g/mol. The third kappa shape index (κ3) is 2.62. The molecule has 1 heterocycles. The zero-order chi connectivity index (χ0) is 14.1. The lowest BCUT2D eigenvalue weighted by molar-refractivity contribution is -0.144. The van der Waals surface area contributed by atoms with E-state index in [2.05, 4.69) is 5.32 Å². The molecule has 20 heavy (non-hydrogen) atoms. The van der Waals surface area contributed by atoms with Crippen molar-refractivity contribution in [3.63, 3.8) is 0 Å². The maximum Gasteiger partial charge on any atom is 0.317 e. The second-order valence-electron chi connectivity index (χ2n) is 6.13. The molecule has 0 aromatic heterocycles. The Hall–Kier alpha value is -0.910. The number of carboxylic acid groups (broad SMARTS) is 1. The van der Waals surface area contributed by atoms with Crippen molar-refractivity contribution in [2.45, 2.75) is 31.7 Å². The molecule has 3 rings (SSSR count). The van der Waals surface area contributed by atoms with Gasteiger partial charge in [0.2, 0.25) is 0 Å². The highest BCUT2D eigenvalue weighted by Gasteiger charge is 2.51. The van der Waals surface area contributed by atoms with Crippen molar-refractivity contribution >= 4 is 23.8 Å². The summed E-state index contributed by atoms with van der Waals surface area (Å²) in [7, 11) is 0. The quantitative estimate of drug-likeness (QED) is 0.813. The molecule has 3 fully saturated rings.